The second kappa shape index (κ2) is 6.94. The first-order valence-electron chi connectivity index (χ1n) is 8.29. The fraction of sp³-hybridized carbons (Fsp3) is 0.471. The highest BCUT2D eigenvalue weighted by molar-refractivity contribution is 7.90. The summed E-state index contributed by atoms with van der Waals surface area (Å²) in [6, 6.07) is 7.92. The molecule has 1 amide bonds. The number of aromatic amines is 1. The molecule has 2 aromatic rings. The monoisotopic (exact) mass is 349 g/mol. The molecule has 0 radical (unpaired) electrons. The first-order chi connectivity index (χ1) is 11.5. The van der Waals surface area contributed by atoms with E-state index in [1.165, 1.54) is 0 Å². The lowest BCUT2D eigenvalue weighted by Crippen LogP contribution is -2.43. The number of sulfonamides is 1. The largest absolute Gasteiger partial charge is 0.358 e. The maximum atomic E-state index is 12.3. The summed E-state index contributed by atoms with van der Waals surface area (Å²) in [6.07, 6.45) is 1.77. The van der Waals surface area contributed by atoms with Gasteiger partial charge in [0.2, 0.25) is 15.9 Å². The number of hydrogen-bond donors (Lipinski definition) is 3. The molecule has 0 unspecified atom stereocenters. The average molecular weight is 349 g/mol. The first kappa shape index (κ1) is 17.0. The molecule has 0 bridgehead atoms. The molecule has 1 aromatic carbocycles. The molecule has 130 valence electrons. The molecule has 1 saturated heterocycles. The molecule has 2 heterocycles. The number of aromatic nitrogens is 1. The Morgan fingerprint density at radius 3 is 2.71 bits per heavy atom. The molecular formula is C17H23N3O3S. The van der Waals surface area contributed by atoms with E-state index in [1.807, 2.05) is 31.2 Å². The number of H-pyrrole nitrogens is 1. The molecular weight excluding hydrogens is 326 g/mol. The van der Waals surface area contributed by atoms with E-state index in [-0.39, 0.29) is 6.42 Å². The predicted molar refractivity (Wildman–Crippen MR) is 94.3 cm³/mol. The highest BCUT2D eigenvalue weighted by atomic mass is 32.2. The molecule has 1 fully saturated rings. The highest BCUT2D eigenvalue weighted by Gasteiger charge is 2.28. The summed E-state index contributed by atoms with van der Waals surface area (Å²) in [5.41, 5.74) is 3.12. The lowest BCUT2D eigenvalue weighted by atomic mass is 10.1. The Morgan fingerprint density at radius 2 is 1.96 bits per heavy atom. The number of para-hydroxylation sites is 1. The minimum absolute atomic E-state index is 0.160. The van der Waals surface area contributed by atoms with E-state index in [9.17, 15) is 13.2 Å². The highest BCUT2D eigenvalue weighted by Crippen LogP contribution is 2.23. The van der Waals surface area contributed by atoms with Gasteiger partial charge in [0.1, 0.15) is 0 Å². The molecule has 1 aromatic heterocycles. The first-order valence-corrected chi connectivity index (χ1v) is 9.83. The number of carbonyl (C=O) groups excluding carboxylic acids is 1. The summed E-state index contributed by atoms with van der Waals surface area (Å²) < 4.78 is 26.8. The summed E-state index contributed by atoms with van der Waals surface area (Å²) in [7, 11) is -3.57. The van der Waals surface area contributed by atoms with Crippen molar-refractivity contribution in [2.45, 2.75) is 37.9 Å². The van der Waals surface area contributed by atoms with Gasteiger partial charge in [0.25, 0.3) is 0 Å². The number of carbonyl (C=O) groups is 1. The Morgan fingerprint density at radius 1 is 1.25 bits per heavy atom. The standard InChI is InChI=1S/C17H23N3O3S/c1-12-14(15-4-2-3-5-16(15)19-12)6-7-17(21)20-24(22,23)13-8-10-18-11-9-13/h2-5,13,18-19H,6-11H2,1H3,(H,20,21). The van der Waals surface area contributed by atoms with E-state index < -0.39 is 21.2 Å². The van der Waals surface area contributed by atoms with Crippen LogP contribution in [0.1, 0.15) is 30.5 Å². The zero-order chi connectivity index (χ0) is 17.2. The topological polar surface area (TPSA) is 91.1 Å². The quantitative estimate of drug-likeness (QED) is 0.765. The zero-order valence-electron chi connectivity index (χ0n) is 13.8. The van der Waals surface area contributed by atoms with Crippen LogP contribution in [0.25, 0.3) is 10.9 Å². The summed E-state index contributed by atoms with van der Waals surface area (Å²) in [4.78, 5) is 15.4. The van der Waals surface area contributed by atoms with E-state index in [2.05, 4.69) is 15.0 Å². The normalized spacial score (nSPS) is 16.4. The van der Waals surface area contributed by atoms with Gasteiger partial charge < -0.3 is 10.3 Å². The van der Waals surface area contributed by atoms with E-state index in [1.54, 1.807) is 0 Å². The Labute approximate surface area is 142 Å². The minimum atomic E-state index is -3.57. The van der Waals surface area contributed by atoms with Gasteiger partial charge >= 0.3 is 0 Å². The number of aryl methyl sites for hydroxylation is 2. The predicted octanol–water partition coefficient (Wildman–Crippen LogP) is 1.61. The second-order valence-corrected chi connectivity index (χ2v) is 8.25. The lowest BCUT2D eigenvalue weighted by Gasteiger charge is -2.22. The average Bonchev–Trinajstić information content (AvgIpc) is 2.88. The van der Waals surface area contributed by atoms with Crippen LogP contribution in [0.3, 0.4) is 0 Å². The maximum Gasteiger partial charge on any atom is 0.237 e. The van der Waals surface area contributed by atoms with Crippen LogP contribution in [0.4, 0.5) is 0 Å². The molecule has 7 heteroatoms. The van der Waals surface area contributed by atoms with Crippen LogP contribution in [-0.4, -0.2) is 37.6 Å². The summed E-state index contributed by atoms with van der Waals surface area (Å²) in [5.74, 6) is -0.432. The van der Waals surface area contributed by atoms with Crippen LogP contribution < -0.4 is 10.0 Å². The van der Waals surface area contributed by atoms with Crippen LogP contribution in [0.5, 0.6) is 0 Å². The molecule has 0 atom stereocenters. The van der Waals surface area contributed by atoms with Gasteiger partial charge in [-0.25, -0.2) is 8.42 Å². The molecule has 0 saturated carbocycles. The molecule has 3 N–H and O–H groups in total. The SMILES string of the molecule is Cc1[nH]c2ccccc2c1CCC(=O)NS(=O)(=O)C1CCNCC1. The Kier molecular flexibility index (Phi) is 4.91. The van der Waals surface area contributed by atoms with Crippen molar-refractivity contribution in [2.75, 3.05) is 13.1 Å². The van der Waals surface area contributed by atoms with Crippen molar-refractivity contribution in [2.24, 2.45) is 0 Å². The molecule has 6 nitrogen and oxygen atoms in total. The fourth-order valence-electron chi connectivity index (χ4n) is 3.29. The molecule has 0 aliphatic carbocycles. The molecule has 24 heavy (non-hydrogen) atoms. The van der Waals surface area contributed by atoms with Crippen molar-refractivity contribution in [3.05, 3.63) is 35.5 Å². The van der Waals surface area contributed by atoms with Gasteiger partial charge in [-0.05, 0) is 50.9 Å². The second-order valence-electron chi connectivity index (χ2n) is 6.29. The number of nitrogens with one attached hydrogen (secondary N) is 3. The molecule has 1 aliphatic rings. The number of hydrogen-bond acceptors (Lipinski definition) is 4. The fourth-order valence-corrected chi connectivity index (χ4v) is 4.74. The van der Waals surface area contributed by atoms with Crippen LogP contribution in [0, 0.1) is 6.92 Å². The molecule has 0 spiro atoms. The summed E-state index contributed by atoms with van der Waals surface area (Å²) >= 11 is 0. The Bertz CT molecular complexity index is 836. The van der Waals surface area contributed by atoms with Gasteiger partial charge in [-0.2, -0.15) is 0 Å². The summed E-state index contributed by atoms with van der Waals surface area (Å²) in [6.45, 7) is 3.32. The van der Waals surface area contributed by atoms with E-state index >= 15 is 0 Å². The number of benzene rings is 1. The van der Waals surface area contributed by atoms with Crippen molar-refractivity contribution in [1.29, 1.82) is 0 Å². The third-order valence-corrected chi connectivity index (χ3v) is 6.47. The number of piperidine rings is 1. The van der Waals surface area contributed by atoms with Gasteiger partial charge in [0.05, 0.1) is 5.25 Å². The zero-order valence-corrected chi connectivity index (χ0v) is 14.6. The van der Waals surface area contributed by atoms with Crippen molar-refractivity contribution < 1.29 is 13.2 Å². The van der Waals surface area contributed by atoms with Crippen LogP contribution >= 0.6 is 0 Å². The van der Waals surface area contributed by atoms with Gasteiger partial charge in [0.15, 0.2) is 0 Å². The van der Waals surface area contributed by atoms with Crippen molar-refractivity contribution >= 4 is 26.8 Å². The number of rotatable bonds is 5. The van der Waals surface area contributed by atoms with E-state index in [4.69, 9.17) is 0 Å². The van der Waals surface area contributed by atoms with Crippen LogP contribution in [-0.2, 0) is 21.2 Å². The van der Waals surface area contributed by atoms with Gasteiger partial charge in [-0.1, -0.05) is 18.2 Å². The summed E-state index contributed by atoms with van der Waals surface area (Å²) in [5, 5.41) is 3.74. The van der Waals surface area contributed by atoms with Crippen molar-refractivity contribution in [3.63, 3.8) is 0 Å². The molecule has 3 rings (SSSR count). The smallest absolute Gasteiger partial charge is 0.237 e. The van der Waals surface area contributed by atoms with Crippen molar-refractivity contribution in [3.8, 4) is 0 Å². The third-order valence-electron chi connectivity index (χ3n) is 4.61. The van der Waals surface area contributed by atoms with Crippen LogP contribution in [0.15, 0.2) is 24.3 Å². The number of amides is 1. The van der Waals surface area contributed by atoms with Crippen LogP contribution in [0.2, 0.25) is 0 Å². The Balaban J connectivity index is 1.63. The van der Waals surface area contributed by atoms with Gasteiger partial charge in [-0.3, -0.25) is 9.52 Å². The van der Waals surface area contributed by atoms with Gasteiger partial charge in [0, 0.05) is 23.0 Å². The third kappa shape index (κ3) is 3.62. The van der Waals surface area contributed by atoms with Crippen molar-refractivity contribution in [1.82, 2.24) is 15.0 Å². The Hall–Kier alpha value is -1.86. The maximum absolute atomic E-state index is 12.3. The van der Waals surface area contributed by atoms with E-state index in [0.29, 0.717) is 32.4 Å². The van der Waals surface area contributed by atoms with E-state index in [0.717, 1.165) is 22.2 Å². The lowest BCUT2D eigenvalue weighted by molar-refractivity contribution is -0.119. The minimum Gasteiger partial charge on any atom is -0.358 e. The number of fused-ring (bicyclic) bond motifs is 1. The van der Waals surface area contributed by atoms with Gasteiger partial charge in [-0.15, -0.1) is 0 Å². The molecule has 1 aliphatic heterocycles.